The van der Waals surface area contributed by atoms with Crippen molar-refractivity contribution in [1.29, 1.82) is 0 Å². The van der Waals surface area contributed by atoms with E-state index in [1.165, 1.54) is 35.2 Å². The summed E-state index contributed by atoms with van der Waals surface area (Å²) < 4.78 is 86.7. The topological polar surface area (TPSA) is 393 Å². The van der Waals surface area contributed by atoms with Crippen LogP contribution < -0.4 is 0 Å². The molecule has 31 heteroatoms. The fourth-order valence-electron chi connectivity index (χ4n) is 18.3. The minimum atomic E-state index is -1.85. The summed E-state index contributed by atoms with van der Waals surface area (Å²) in [5.41, 5.74) is -8.97. The highest BCUT2D eigenvalue weighted by Crippen LogP contribution is 2.44. The molecule has 0 aliphatic carbocycles. The number of ether oxygens (including phenoxy) is 14. The summed E-state index contributed by atoms with van der Waals surface area (Å²) >= 11 is 0. The maximum Gasteiger partial charge on any atom is 0.311 e. The number of rotatable bonds is 18. The van der Waals surface area contributed by atoms with Crippen molar-refractivity contribution in [3.05, 3.63) is 0 Å². The Bertz CT molecular complexity index is 2950. The van der Waals surface area contributed by atoms with E-state index in [0.29, 0.717) is 25.9 Å². The molecular weight excluding hydrogens is 1470 g/mol. The van der Waals surface area contributed by atoms with Crippen LogP contribution in [-0.2, 0) is 85.5 Å². The van der Waals surface area contributed by atoms with Gasteiger partial charge in [-0.3, -0.25) is 19.2 Å². The van der Waals surface area contributed by atoms with Crippen molar-refractivity contribution in [2.75, 3.05) is 76.7 Å². The highest BCUT2D eigenvalue weighted by molar-refractivity contribution is 5.79. The van der Waals surface area contributed by atoms with Crippen LogP contribution in [0.5, 0.6) is 0 Å². The molecule has 6 heterocycles. The van der Waals surface area contributed by atoms with Crippen LogP contribution in [0.25, 0.3) is 0 Å². The van der Waals surface area contributed by atoms with Gasteiger partial charge in [0.2, 0.25) is 0 Å². The summed E-state index contributed by atoms with van der Waals surface area (Å²) in [7, 11) is 15.4. The first-order valence-corrected chi connectivity index (χ1v) is 41.1. The molecule has 6 aliphatic heterocycles. The highest BCUT2D eigenvalue weighted by atomic mass is 16.7. The lowest BCUT2D eigenvalue weighted by Gasteiger charge is -2.49. The van der Waals surface area contributed by atoms with E-state index in [1.807, 2.05) is 96.5 Å². The molecule has 6 saturated heterocycles. The Kier molecular flexibility index (Phi) is 36.9. The first-order chi connectivity index (χ1) is 52.1. The van der Waals surface area contributed by atoms with Gasteiger partial charge in [0.25, 0.3) is 0 Å². The largest absolute Gasteiger partial charge is 0.469 e. The van der Waals surface area contributed by atoms with Crippen LogP contribution >= 0.6 is 0 Å². The van der Waals surface area contributed by atoms with Crippen molar-refractivity contribution < 1.29 is 131 Å². The normalized spacial score (nSPS) is 46.8. The molecule has 6 fully saturated rings. The van der Waals surface area contributed by atoms with Gasteiger partial charge in [0.05, 0.1) is 109 Å². The van der Waals surface area contributed by atoms with E-state index in [0.717, 1.165) is 0 Å². The predicted octanol–water partition coefficient (Wildman–Crippen LogP) is 4.55. The molecule has 0 unspecified atom stereocenters. The Balaban J connectivity index is 0.000000409. The number of carbonyl (C=O) groups excluding carboxylic acids is 4. The van der Waals surface area contributed by atoms with Gasteiger partial charge in [0.1, 0.15) is 53.9 Å². The second kappa shape index (κ2) is 41.5. The molecule has 0 aromatic heterocycles. The van der Waals surface area contributed by atoms with Gasteiger partial charge in [0, 0.05) is 70.1 Å². The lowest BCUT2D eigenvalue weighted by Crippen LogP contribution is -2.61. The Labute approximate surface area is 674 Å². The summed E-state index contributed by atoms with van der Waals surface area (Å²) in [4.78, 5) is 62.0. The molecule has 37 atom stereocenters. The van der Waals surface area contributed by atoms with E-state index in [4.69, 9.17) is 66.3 Å². The van der Waals surface area contributed by atoms with E-state index in [1.54, 1.807) is 96.9 Å². The Morgan fingerprint density at radius 3 is 1.24 bits per heavy atom. The van der Waals surface area contributed by atoms with E-state index in [9.17, 15) is 65.1 Å². The number of likely N-dealkylation sites (N-methyl/N-ethyl adjacent to an activating group) is 4. The molecule has 0 spiro atoms. The number of aliphatic hydroxyl groups excluding tert-OH is 5. The third-order valence-electron chi connectivity index (χ3n) is 25.7. The van der Waals surface area contributed by atoms with Gasteiger partial charge in [-0.05, 0) is 190 Å². The van der Waals surface area contributed by atoms with Crippen LogP contribution in [0.3, 0.4) is 0 Å². The quantitative estimate of drug-likeness (QED) is 0.0671. The molecule has 0 aromatic carbocycles. The van der Waals surface area contributed by atoms with Crippen LogP contribution in [0, 0.1) is 41.4 Å². The van der Waals surface area contributed by atoms with Gasteiger partial charge in [-0.1, -0.05) is 48.5 Å². The molecule has 0 saturated carbocycles. The molecule has 0 amide bonds. The van der Waals surface area contributed by atoms with Crippen LogP contribution in [-0.4, -0.2) is 347 Å². The van der Waals surface area contributed by atoms with E-state index >= 15 is 0 Å². The van der Waals surface area contributed by atoms with Gasteiger partial charge in [-0.2, -0.15) is 0 Å². The summed E-state index contributed by atoms with van der Waals surface area (Å²) in [6, 6.07) is -1.80. The van der Waals surface area contributed by atoms with Crippen molar-refractivity contribution >= 4 is 23.9 Å². The van der Waals surface area contributed by atoms with E-state index < -0.39 is 216 Å². The molecule has 0 aromatic rings. The smallest absolute Gasteiger partial charge is 0.311 e. The maximum atomic E-state index is 14.4. The molecule has 6 rings (SSSR count). The molecule has 9 N–H and O–H groups in total. The van der Waals surface area contributed by atoms with E-state index in [2.05, 4.69) is 0 Å². The van der Waals surface area contributed by atoms with Gasteiger partial charge in [-0.15, -0.1) is 0 Å². The Morgan fingerprint density at radius 2 is 0.885 bits per heavy atom. The number of hydrogen-bond acceptors (Lipinski definition) is 31. The first kappa shape index (κ1) is 101. The maximum absolute atomic E-state index is 14.4. The molecule has 6 aliphatic rings. The van der Waals surface area contributed by atoms with Crippen LogP contribution in [0.2, 0.25) is 0 Å². The highest BCUT2D eigenvalue weighted by Gasteiger charge is 2.57. The van der Waals surface area contributed by atoms with Crippen molar-refractivity contribution in [3.63, 3.8) is 0 Å². The molecular formula is C82H152N4O27. The van der Waals surface area contributed by atoms with Gasteiger partial charge in [-0.25, -0.2) is 0 Å². The third-order valence-corrected chi connectivity index (χ3v) is 25.7. The Hall–Kier alpha value is -3.04. The number of nitrogens with zero attached hydrogens (tertiary/aromatic N) is 4. The summed E-state index contributed by atoms with van der Waals surface area (Å²) in [5.74, 6) is -7.48. The van der Waals surface area contributed by atoms with Gasteiger partial charge in [0.15, 0.2) is 31.3 Å². The monoisotopic (exact) mass is 1630 g/mol. The predicted molar refractivity (Wildman–Crippen MR) is 418 cm³/mol. The summed E-state index contributed by atoms with van der Waals surface area (Å²) in [6.07, 6.45) is -17.6. The molecule has 0 bridgehead atoms. The third kappa shape index (κ3) is 24.6. The zero-order valence-electron chi connectivity index (χ0n) is 73.8. The average molecular weight is 1630 g/mol. The lowest BCUT2D eigenvalue weighted by atomic mass is 9.77. The van der Waals surface area contributed by atoms with Crippen molar-refractivity contribution in [2.45, 2.75) is 384 Å². The van der Waals surface area contributed by atoms with Crippen LogP contribution in [0.4, 0.5) is 0 Å². The minimum absolute atomic E-state index is 0.0808. The summed E-state index contributed by atoms with van der Waals surface area (Å²) in [5, 5.41) is 105. The second-order valence-electron chi connectivity index (χ2n) is 36.4. The zero-order valence-corrected chi connectivity index (χ0v) is 73.8. The Morgan fingerprint density at radius 1 is 0.522 bits per heavy atom. The standard InChI is InChI=1S/C44H80N2O15.C38H72N2O12/c1-17-31-44(11,53)36(48)28(7)46(14)22-23(2)20-42(9,52)38(26(5)34(27(6)40(51)58-31)60-33-21-43(10,55-16)37(49)29(8)57-33)61-41-35(30(45(12)13)19-25(4)56-41)59-32(47)18-24(3)39(50)54-15;1-15-27-38(10,46)31(42)24(6)40(13)19-20(2)17-36(8,45)33(52-35-29(41)26(39(11)12)16-21(3)48-35)22(4)30(23(5)34(44)50-27)51-28-18-37(9,47-14)32(43)25(7)49-28/h23-31,33-38,41,48-49,52-53H,17-22H2,1-16H3;20-33,35,41-43,45-46H,15-19H2,1-14H3/t23-,24+,25-,26+,27-,28-,29+,30+,31-,33+,34+,35-,36-,37+,38-,41+,42-,43-,44-;20-,21-,22+,23-,24-,25+,26+,27-,28+,29-,30+,31-,32+,33-,35+,36-,37-,38-/m11/s1. The number of aliphatic hydroxyl groups is 9. The SMILES string of the molecule is CC[C@H]1OC(=O)[C@H](C)[C@@H](O[C@H]2C[C@@](C)(OC)[C@@H](O)[C@H](C)O2)[C@H](C)[C@@H](O[C@@H]2O[C@H](C)C[C@H](N(C)C)[C@H]2O)[C@](C)(O)C[C@@H](C)CN(C)[C@H](C)[C@@H](O)[C@]1(C)O.CC[C@H]1OC(=O)[C@H](C)[C@@H](O[C@H]2C[C@@](C)(OC)[C@@H](O)[C@H](C)O2)[C@H](C)[C@@H](O[C@@H]2O[C@H](C)C[C@H](N(C)C)[C@H]2OC(=O)C[C@H](C)C(=O)OC)[C@](C)(O)C[C@@H](C)CN(C)[C@H](C)[C@@H](O)[C@]1(C)O. The zero-order chi connectivity index (χ0) is 86.2. The minimum Gasteiger partial charge on any atom is -0.469 e. The number of carbonyl (C=O) groups is 4. The number of cyclic esters (lactones) is 2. The van der Waals surface area contributed by atoms with Crippen molar-refractivity contribution in [2.24, 2.45) is 41.4 Å². The van der Waals surface area contributed by atoms with Crippen molar-refractivity contribution in [3.8, 4) is 0 Å². The van der Waals surface area contributed by atoms with E-state index in [-0.39, 0.29) is 75.0 Å². The second-order valence-corrected chi connectivity index (χ2v) is 36.4. The van der Waals surface area contributed by atoms with Crippen LogP contribution in [0.1, 0.15) is 203 Å². The van der Waals surface area contributed by atoms with Crippen molar-refractivity contribution in [1.82, 2.24) is 19.6 Å². The fourth-order valence-corrected chi connectivity index (χ4v) is 18.3. The fraction of sp³-hybridized carbons (Fsp3) is 0.951. The number of esters is 4. The van der Waals surface area contributed by atoms with Gasteiger partial charge < -0.3 is 132 Å². The number of hydrogen-bond donors (Lipinski definition) is 9. The van der Waals surface area contributed by atoms with Crippen LogP contribution in [0.15, 0.2) is 0 Å². The molecule has 662 valence electrons. The first-order valence-electron chi connectivity index (χ1n) is 41.1. The molecule has 113 heavy (non-hydrogen) atoms. The van der Waals surface area contributed by atoms with Gasteiger partial charge >= 0.3 is 23.9 Å². The molecule has 0 radical (unpaired) electrons. The summed E-state index contributed by atoms with van der Waals surface area (Å²) in [6.45, 7) is 37.3. The average Bonchev–Trinajstić information content (AvgIpc) is 1.53. The molecule has 31 nitrogen and oxygen atoms in total. The lowest BCUT2D eigenvalue weighted by molar-refractivity contribution is -0.319. The number of methoxy groups -OCH3 is 3.